The molecule has 0 atom stereocenters. The first-order valence-corrected chi connectivity index (χ1v) is 6.66. The standard InChI is InChI=1S/C14H12FN3OS/c1-8(19)13-12(17)11(6-16)14(20-13)18-7-9-3-2-4-10(15)5-9/h2-5,18H,7,17H2,1H3. The number of nitrogen functional groups attached to an aromatic ring is 1. The van der Waals surface area contributed by atoms with Crippen molar-refractivity contribution in [3.8, 4) is 6.07 Å². The zero-order chi connectivity index (χ0) is 14.7. The minimum Gasteiger partial charge on any atom is -0.396 e. The maximum absolute atomic E-state index is 13.1. The van der Waals surface area contributed by atoms with Crippen LogP contribution < -0.4 is 11.1 Å². The Morgan fingerprint density at radius 1 is 1.55 bits per heavy atom. The van der Waals surface area contributed by atoms with E-state index >= 15 is 0 Å². The Morgan fingerprint density at radius 2 is 2.30 bits per heavy atom. The van der Waals surface area contributed by atoms with E-state index in [1.54, 1.807) is 12.1 Å². The summed E-state index contributed by atoms with van der Waals surface area (Å²) in [6.45, 7) is 1.75. The number of anilines is 2. The van der Waals surface area contributed by atoms with E-state index in [4.69, 9.17) is 11.0 Å². The highest BCUT2D eigenvalue weighted by Gasteiger charge is 2.18. The van der Waals surface area contributed by atoms with Crippen LogP contribution in [0.1, 0.15) is 27.7 Å². The van der Waals surface area contributed by atoms with Crippen LogP contribution in [0.4, 0.5) is 15.1 Å². The van der Waals surface area contributed by atoms with E-state index in [0.29, 0.717) is 16.4 Å². The van der Waals surface area contributed by atoms with Crippen molar-refractivity contribution in [2.75, 3.05) is 11.1 Å². The Labute approximate surface area is 119 Å². The number of carbonyl (C=O) groups is 1. The average molecular weight is 289 g/mol. The highest BCUT2D eigenvalue weighted by molar-refractivity contribution is 7.18. The fourth-order valence-electron chi connectivity index (χ4n) is 1.77. The van der Waals surface area contributed by atoms with E-state index in [1.165, 1.54) is 19.1 Å². The van der Waals surface area contributed by atoms with Crippen LogP contribution in [0, 0.1) is 17.1 Å². The minimum atomic E-state index is -0.320. The van der Waals surface area contributed by atoms with Gasteiger partial charge in [-0.1, -0.05) is 12.1 Å². The molecule has 0 fully saturated rings. The molecule has 0 aliphatic rings. The number of thiophene rings is 1. The molecule has 2 aromatic rings. The van der Waals surface area contributed by atoms with Crippen molar-refractivity contribution in [2.45, 2.75) is 13.5 Å². The summed E-state index contributed by atoms with van der Waals surface area (Å²) in [6, 6.07) is 8.13. The van der Waals surface area contributed by atoms with Crippen molar-refractivity contribution in [3.63, 3.8) is 0 Å². The molecule has 102 valence electrons. The van der Waals surface area contributed by atoms with Crippen molar-refractivity contribution >= 4 is 27.8 Å². The molecule has 4 nitrogen and oxygen atoms in total. The van der Waals surface area contributed by atoms with E-state index in [1.807, 2.05) is 6.07 Å². The molecule has 1 heterocycles. The van der Waals surface area contributed by atoms with Crippen LogP contribution in [-0.4, -0.2) is 5.78 Å². The maximum atomic E-state index is 13.1. The van der Waals surface area contributed by atoms with Gasteiger partial charge in [-0.3, -0.25) is 4.79 Å². The van der Waals surface area contributed by atoms with Crippen molar-refractivity contribution in [2.24, 2.45) is 0 Å². The third-order valence-electron chi connectivity index (χ3n) is 2.72. The highest BCUT2D eigenvalue weighted by atomic mass is 32.1. The molecule has 20 heavy (non-hydrogen) atoms. The van der Waals surface area contributed by atoms with Gasteiger partial charge in [-0.05, 0) is 17.7 Å². The first kappa shape index (κ1) is 14.0. The molecule has 0 aliphatic heterocycles. The quantitative estimate of drug-likeness (QED) is 0.847. The Kier molecular flexibility index (Phi) is 4.01. The van der Waals surface area contributed by atoms with Crippen LogP contribution >= 0.6 is 11.3 Å². The topological polar surface area (TPSA) is 78.9 Å². The Balaban J connectivity index is 2.24. The summed E-state index contributed by atoms with van der Waals surface area (Å²) in [7, 11) is 0. The van der Waals surface area contributed by atoms with Crippen LogP contribution in [0.3, 0.4) is 0 Å². The molecule has 0 unspecified atom stereocenters. The lowest BCUT2D eigenvalue weighted by molar-refractivity contribution is 0.102. The van der Waals surface area contributed by atoms with Crippen LogP contribution in [0.2, 0.25) is 0 Å². The smallest absolute Gasteiger partial charge is 0.171 e. The largest absolute Gasteiger partial charge is 0.396 e. The van der Waals surface area contributed by atoms with Crippen LogP contribution in [0.25, 0.3) is 0 Å². The molecule has 1 aromatic heterocycles. The van der Waals surface area contributed by atoms with Crippen molar-refractivity contribution in [1.82, 2.24) is 0 Å². The molecule has 2 rings (SSSR count). The number of nitriles is 1. The van der Waals surface area contributed by atoms with Gasteiger partial charge in [0, 0.05) is 13.5 Å². The number of benzene rings is 1. The van der Waals surface area contributed by atoms with Crippen molar-refractivity contribution in [1.29, 1.82) is 5.26 Å². The summed E-state index contributed by atoms with van der Waals surface area (Å²) >= 11 is 1.14. The van der Waals surface area contributed by atoms with Crippen LogP contribution in [0.15, 0.2) is 24.3 Å². The molecule has 0 spiro atoms. The van der Waals surface area contributed by atoms with E-state index < -0.39 is 0 Å². The monoisotopic (exact) mass is 289 g/mol. The van der Waals surface area contributed by atoms with E-state index in [2.05, 4.69) is 5.32 Å². The van der Waals surface area contributed by atoms with Crippen molar-refractivity contribution in [3.05, 3.63) is 46.1 Å². The summed E-state index contributed by atoms with van der Waals surface area (Å²) in [6.07, 6.45) is 0. The van der Waals surface area contributed by atoms with Gasteiger partial charge in [-0.2, -0.15) is 5.26 Å². The summed E-state index contributed by atoms with van der Waals surface area (Å²) in [5.41, 5.74) is 6.98. The number of nitrogens with one attached hydrogen (secondary N) is 1. The van der Waals surface area contributed by atoms with Crippen LogP contribution in [0.5, 0.6) is 0 Å². The van der Waals surface area contributed by atoms with Crippen molar-refractivity contribution < 1.29 is 9.18 Å². The number of ketones is 1. The highest BCUT2D eigenvalue weighted by Crippen LogP contribution is 2.35. The minimum absolute atomic E-state index is 0.178. The molecule has 0 aliphatic carbocycles. The molecular weight excluding hydrogens is 277 g/mol. The molecule has 0 bridgehead atoms. The van der Waals surface area contributed by atoms with Crippen LogP contribution in [-0.2, 0) is 6.54 Å². The predicted octanol–water partition coefficient (Wildman–Crippen LogP) is 3.16. The number of nitrogens with two attached hydrogens (primary N) is 1. The molecule has 0 saturated heterocycles. The molecule has 0 amide bonds. The predicted molar refractivity (Wildman–Crippen MR) is 77.2 cm³/mol. The zero-order valence-corrected chi connectivity index (χ0v) is 11.6. The lowest BCUT2D eigenvalue weighted by Crippen LogP contribution is -2.00. The van der Waals surface area contributed by atoms with Gasteiger partial charge in [0.2, 0.25) is 0 Å². The number of hydrogen-bond donors (Lipinski definition) is 2. The fraction of sp³-hybridized carbons (Fsp3) is 0.143. The molecule has 1 aromatic carbocycles. The summed E-state index contributed by atoms with van der Waals surface area (Å²) in [5, 5.41) is 12.6. The molecule has 3 N–H and O–H groups in total. The van der Waals surface area contributed by atoms with E-state index in [9.17, 15) is 9.18 Å². The van der Waals surface area contributed by atoms with Gasteiger partial charge < -0.3 is 11.1 Å². The maximum Gasteiger partial charge on any atom is 0.171 e. The summed E-state index contributed by atoms with van der Waals surface area (Å²) in [5.74, 6) is -0.497. The average Bonchev–Trinajstić information content (AvgIpc) is 2.73. The summed E-state index contributed by atoms with van der Waals surface area (Å²) < 4.78 is 13.1. The zero-order valence-electron chi connectivity index (χ0n) is 10.7. The molecule has 0 saturated carbocycles. The normalized spacial score (nSPS) is 10.1. The van der Waals surface area contributed by atoms with E-state index in [-0.39, 0.29) is 22.9 Å². The number of Topliss-reactive ketones (excluding diaryl/α,β-unsaturated/α-hetero) is 1. The number of halogens is 1. The van der Waals surface area contributed by atoms with E-state index in [0.717, 1.165) is 16.9 Å². The van der Waals surface area contributed by atoms with Gasteiger partial charge in [-0.15, -0.1) is 11.3 Å². The Hall–Kier alpha value is -2.39. The number of nitrogens with zero attached hydrogens (tertiary/aromatic N) is 1. The van der Waals surface area contributed by atoms with Gasteiger partial charge >= 0.3 is 0 Å². The second kappa shape index (κ2) is 5.72. The third kappa shape index (κ3) is 2.78. The third-order valence-corrected chi connectivity index (χ3v) is 3.98. The number of rotatable bonds is 4. The van der Waals surface area contributed by atoms with Gasteiger partial charge in [0.05, 0.1) is 10.6 Å². The second-order valence-corrected chi connectivity index (χ2v) is 5.22. The Morgan fingerprint density at radius 3 is 2.90 bits per heavy atom. The number of hydrogen-bond acceptors (Lipinski definition) is 5. The Bertz CT molecular complexity index is 703. The van der Waals surface area contributed by atoms with Gasteiger partial charge in [0.15, 0.2) is 5.78 Å². The van der Waals surface area contributed by atoms with Gasteiger partial charge in [0.25, 0.3) is 0 Å². The molecule has 6 heteroatoms. The second-order valence-electron chi connectivity index (χ2n) is 4.20. The molecule has 0 radical (unpaired) electrons. The number of carbonyl (C=O) groups excluding carboxylic acids is 1. The molecular formula is C14H12FN3OS. The van der Waals surface area contributed by atoms with Gasteiger partial charge in [0.1, 0.15) is 22.5 Å². The SMILES string of the molecule is CC(=O)c1sc(NCc2cccc(F)c2)c(C#N)c1N. The fourth-order valence-corrected chi connectivity index (χ4v) is 2.73. The van der Waals surface area contributed by atoms with Gasteiger partial charge in [-0.25, -0.2) is 4.39 Å². The first-order chi connectivity index (χ1) is 9.52. The summed E-state index contributed by atoms with van der Waals surface area (Å²) in [4.78, 5) is 11.8. The lowest BCUT2D eigenvalue weighted by Gasteiger charge is -2.04. The first-order valence-electron chi connectivity index (χ1n) is 5.84. The lowest BCUT2D eigenvalue weighted by atomic mass is 10.2.